The minimum absolute atomic E-state index is 0.0750. The van der Waals surface area contributed by atoms with Gasteiger partial charge in [0.1, 0.15) is 5.75 Å². The molecule has 1 unspecified atom stereocenters. The number of hydrogen-bond acceptors (Lipinski definition) is 5. The van der Waals surface area contributed by atoms with E-state index >= 15 is 0 Å². The van der Waals surface area contributed by atoms with Crippen molar-refractivity contribution >= 4 is 33.7 Å². The number of rotatable bonds is 8. The Morgan fingerprint density at radius 1 is 0.968 bits per heavy atom. The molecule has 2 N–H and O–H groups in total. The summed E-state index contributed by atoms with van der Waals surface area (Å²) < 4.78 is 0. The third kappa shape index (κ3) is 5.31. The lowest BCUT2D eigenvalue weighted by atomic mass is 9.99. The van der Waals surface area contributed by atoms with Crippen LogP contribution in [0.1, 0.15) is 34.5 Å². The van der Waals surface area contributed by atoms with Crippen molar-refractivity contribution in [3.05, 3.63) is 98.7 Å². The van der Waals surface area contributed by atoms with Crippen LogP contribution in [0.25, 0.3) is 10.8 Å². The van der Waals surface area contributed by atoms with Gasteiger partial charge in [0, 0.05) is 18.0 Å². The van der Waals surface area contributed by atoms with Crippen LogP contribution in [0.5, 0.6) is 5.75 Å². The zero-order valence-corrected chi connectivity index (χ0v) is 18.8. The van der Waals surface area contributed by atoms with Gasteiger partial charge in [0.05, 0.1) is 17.6 Å². The fourth-order valence-corrected chi connectivity index (χ4v) is 4.40. The molecule has 0 radical (unpaired) electrons. The van der Waals surface area contributed by atoms with E-state index in [1.165, 1.54) is 21.2 Å². The molecule has 0 saturated carbocycles. The van der Waals surface area contributed by atoms with Crippen molar-refractivity contribution in [3.8, 4) is 5.75 Å². The summed E-state index contributed by atoms with van der Waals surface area (Å²) in [6, 6.07) is 22.0. The molecule has 0 spiro atoms. The lowest BCUT2D eigenvalue weighted by Crippen LogP contribution is -2.12. The van der Waals surface area contributed by atoms with Crippen molar-refractivity contribution in [2.45, 2.75) is 32.6 Å². The first kappa shape index (κ1) is 21.5. The van der Waals surface area contributed by atoms with E-state index in [-0.39, 0.29) is 11.8 Å². The minimum atomic E-state index is -0.134. The molecule has 4 rings (SSSR count). The van der Waals surface area contributed by atoms with E-state index in [1.54, 1.807) is 23.5 Å². The topological polar surface area (TPSA) is 57.0 Å². The van der Waals surface area contributed by atoms with Crippen LogP contribution in [-0.4, -0.2) is 5.11 Å². The summed E-state index contributed by atoms with van der Waals surface area (Å²) in [7, 11) is 0. The molecule has 0 bridgehead atoms. The van der Waals surface area contributed by atoms with Crippen molar-refractivity contribution < 1.29 is 5.11 Å². The summed E-state index contributed by atoms with van der Waals surface area (Å²) in [5.74, 6) is 0.0750. The van der Waals surface area contributed by atoms with Crippen LogP contribution in [0.2, 0.25) is 5.02 Å². The lowest BCUT2D eigenvalue weighted by molar-refractivity contribution is 0.475. The molecule has 4 nitrogen and oxygen atoms in total. The van der Waals surface area contributed by atoms with Crippen molar-refractivity contribution in [2.24, 2.45) is 10.2 Å². The highest BCUT2D eigenvalue weighted by Gasteiger charge is 2.08. The average Bonchev–Trinajstić information content (AvgIpc) is 3.30. The first-order chi connectivity index (χ1) is 15.1. The molecule has 6 heteroatoms. The smallest absolute Gasteiger partial charge is 0.134 e. The zero-order valence-electron chi connectivity index (χ0n) is 17.3. The first-order valence-electron chi connectivity index (χ1n) is 10.2. The van der Waals surface area contributed by atoms with E-state index in [0.29, 0.717) is 11.6 Å². The minimum Gasteiger partial charge on any atom is -0.506 e. The maximum Gasteiger partial charge on any atom is 0.134 e. The predicted octanol–water partition coefficient (Wildman–Crippen LogP) is 7.26. The summed E-state index contributed by atoms with van der Waals surface area (Å²) in [6.45, 7) is 4.17. The van der Waals surface area contributed by atoms with Gasteiger partial charge < -0.3 is 10.4 Å². The Bertz CT molecular complexity index is 1190. The second-order valence-corrected chi connectivity index (χ2v) is 8.85. The number of benzene rings is 3. The molecule has 0 aliphatic heterocycles. The Balaban J connectivity index is 1.46. The van der Waals surface area contributed by atoms with Gasteiger partial charge in [-0.1, -0.05) is 60.1 Å². The van der Waals surface area contributed by atoms with Crippen LogP contribution < -0.4 is 5.32 Å². The SMILES string of the molecule is CC(N=NCc1ccc(CNCc2cccs2)c2ccccc12)c1ccc(O)c(Cl)c1. The lowest BCUT2D eigenvalue weighted by Gasteiger charge is -2.11. The number of nitrogens with one attached hydrogen (secondary N) is 1. The van der Waals surface area contributed by atoms with Gasteiger partial charge in [-0.15, -0.1) is 11.3 Å². The highest BCUT2D eigenvalue weighted by Crippen LogP contribution is 2.28. The number of thiophene rings is 1. The van der Waals surface area contributed by atoms with Crippen LogP contribution in [0, 0.1) is 0 Å². The highest BCUT2D eigenvalue weighted by atomic mass is 35.5. The van der Waals surface area contributed by atoms with E-state index in [9.17, 15) is 5.11 Å². The maximum atomic E-state index is 9.59. The molecule has 1 heterocycles. The molecule has 3 aromatic carbocycles. The van der Waals surface area contributed by atoms with E-state index < -0.39 is 0 Å². The van der Waals surface area contributed by atoms with Crippen LogP contribution >= 0.6 is 22.9 Å². The Labute approximate surface area is 191 Å². The second-order valence-electron chi connectivity index (χ2n) is 7.41. The predicted molar refractivity (Wildman–Crippen MR) is 129 cm³/mol. The number of phenols is 1. The van der Waals surface area contributed by atoms with Crippen LogP contribution in [0.15, 0.2) is 82.3 Å². The largest absolute Gasteiger partial charge is 0.506 e. The molecule has 4 aromatic rings. The Hall–Kier alpha value is -2.73. The molecule has 1 atom stereocenters. The van der Waals surface area contributed by atoms with Gasteiger partial charge in [-0.3, -0.25) is 0 Å². The van der Waals surface area contributed by atoms with Crippen LogP contribution in [-0.2, 0) is 19.6 Å². The quantitative estimate of drug-likeness (QED) is 0.278. The van der Waals surface area contributed by atoms with Gasteiger partial charge in [-0.25, -0.2) is 0 Å². The standard InChI is InChI=1S/C25H24ClN3OS/c1-17(18-10-11-25(30)24(26)13-18)29-28-15-20-9-8-19(22-6-2-3-7-23(20)22)14-27-16-21-5-4-12-31-21/h2-13,17,27,30H,14-16H2,1H3. The summed E-state index contributed by atoms with van der Waals surface area (Å²) >= 11 is 7.78. The molecule has 0 saturated heterocycles. The third-order valence-electron chi connectivity index (χ3n) is 5.25. The number of nitrogens with zero attached hydrogens (tertiary/aromatic N) is 2. The maximum absolute atomic E-state index is 9.59. The average molecular weight is 450 g/mol. The summed E-state index contributed by atoms with van der Waals surface area (Å²) in [4.78, 5) is 1.34. The number of phenolic OH excluding ortho intramolecular Hbond substituents is 1. The Morgan fingerprint density at radius 2 is 1.74 bits per heavy atom. The number of hydrogen-bond donors (Lipinski definition) is 2. The van der Waals surface area contributed by atoms with Gasteiger partial charge in [0.2, 0.25) is 0 Å². The number of azo groups is 1. The molecule has 0 aliphatic rings. The van der Waals surface area contributed by atoms with Gasteiger partial charge in [-0.05, 0) is 58.0 Å². The summed E-state index contributed by atoms with van der Waals surface area (Å²) in [5.41, 5.74) is 3.35. The van der Waals surface area contributed by atoms with E-state index in [2.05, 4.69) is 69.5 Å². The van der Waals surface area contributed by atoms with Gasteiger partial charge >= 0.3 is 0 Å². The molecule has 0 amide bonds. The molecule has 0 aliphatic carbocycles. The third-order valence-corrected chi connectivity index (χ3v) is 6.43. The summed E-state index contributed by atoms with van der Waals surface area (Å²) in [6.07, 6.45) is 0. The van der Waals surface area contributed by atoms with Crippen LogP contribution in [0.3, 0.4) is 0 Å². The van der Waals surface area contributed by atoms with Crippen molar-refractivity contribution in [2.75, 3.05) is 0 Å². The monoisotopic (exact) mass is 449 g/mol. The Kier molecular flexibility index (Phi) is 6.97. The highest BCUT2D eigenvalue weighted by molar-refractivity contribution is 7.09. The van der Waals surface area contributed by atoms with Gasteiger partial charge in [0.15, 0.2) is 0 Å². The van der Waals surface area contributed by atoms with Crippen molar-refractivity contribution in [3.63, 3.8) is 0 Å². The van der Waals surface area contributed by atoms with E-state index in [4.69, 9.17) is 11.6 Å². The molecule has 31 heavy (non-hydrogen) atoms. The molecule has 158 valence electrons. The van der Waals surface area contributed by atoms with E-state index in [0.717, 1.165) is 24.2 Å². The number of aromatic hydroxyl groups is 1. The fraction of sp³-hybridized carbons (Fsp3) is 0.200. The van der Waals surface area contributed by atoms with Crippen molar-refractivity contribution in [1.29, 1.82) is 0 Å². The second kappa shape index (κ2) is 10.1. The molecule has 0 fully saturated rings. The van der Waals surface area contributed by atoms with Gasteiger partial charge in [0.25, 0.3) is 0 Å². The van der Waals surface area contributed by atoms with Crippen LogP contribution in [0.4, 0.5) is 0 Å². The zero-order chi connectivity index (χ0) is 21.6. The molecular formula is C25H24ClN3OS. The Morgan fingerprint density at radius 3 is 2.48 bits per heavy atom. The first-order valence-corrected chi connectivity index (χ1v) is 11.4. The number of fused-ring (bicyclic) bond motifs is 1. The van der Waals surface area contributed by atoms with E-state index in [1.807, 2.05) is 13.0 Å². The molecule has 1 aromatic heterocycles. The summed E-state index contributed by atoms with van der Waals surface area (Å²) in [5, 5.41) is 26.9. The molecular weight excluding hydrogens is 426 g/mol. The van der Waals surface area contributed by atoms with Gasteiger partial charge in [-0.2, -0.15) is 10.2 Å². The normalized spacial score (nSPS) is 12.6. The fourth-order valence-electron chi connectivity index (χ4n) is 3.54. The van der Waals surface area contributed by atoms with Crippen molar-refractivity contribution in [1.82, 2.24) is 5.32 Å². The number of halogens is 1.